The number of nitrogens with one attached hydrogen (secondary N) is 1. The number of nitrogens with two attached hydrogens (primary N) is 1. The number of aryl methyl sites for hydroxylation is 1. The Balaban J connectivity index is 1.77. The van der Waals surface area contributed by atoms with Crippen molar-refractivity contribution in [1.29, 1.82) is 0 Å². The minimum atomic E-state index is -0.632. The van der Waals surface area contributed by atoms with Gasteiger partial charge in [0, 0.05) is 4.88 Å². The van der Waals surface area contributed by atoms with Crippen molar-refractivity contribution in [3.05, 3.63) is 38.4 Å². The highest BCUT2D eigenvalue weighted by Crippen LogP contribution is 2.37. The maximum Gasteiger partial charge on any atom is 0.389 e. The molecule has 0 fully saturated rings. The average molecular weight is 349 g/mol. The predicted octanol–water partition coefficient (Wildman–Crippen LogP) is 1.47. The first-order chi connectivity index (χ1) is 11.5. The lowest BCUT2D eigenvalue weighted by Gasteiger charge is -2.11. The molecule has 0 atom stereocenters. The van der Waals surface area contributed by atoms with Gasteiger partial charge in [-0.2, -0.15) is 4.68 Å². The van der Waals surface area contributed by atoms with Gasteiger partial charge in [0.05, 0.1) is 22.9 Å². The molecule has 0 aliphatic heterocycles. The van der Waals surface area contributed by atoms with Crippen molar-refractivity contribution in [2.45, 2.75) is 32.2 Å². The van der Waals surface area contributed by atoms with E-state index in [1.165, 1.54) is 28.3 Å². The lowest BCUT2D eigenvalue weighted by molar-refractivity contribution is -0.389. The Kier molecular flexibility index (Phi) is 4.30. The SMILES string of the molecule is NC(=O)c1c(NC(=O)Cn2ccc([N+](=O)[O-])n2)sc2c1CCCC2. The van der Waals surface area contributed by atoms with Crippen LogP contribution in [0, 0.1) is 10.1 Å². The van der Waals surface area contributed by atoms with Crippen LogP contribution in [0.4, 0.5) is 10.8 Å². The normalized spacial score (nSPS) is 13.3. The first-order valence-electron chi connectivity index (χ1n) is 7.37. The van der Waals surface area contributed by atoms with Gasteiger partial charge < -0.3 is 21.2 Å². The smallest absolute Gasteiger partial charge is 0.365 e. The number of amides is 2. The number of fused-ring (bicyclic) bond motifs is 1. The van der Waals surface area contributed by atoms with Gasteiger partial charge in [0.1, 0.15) is 11.5 Å². The lowest BCUT2D eigenvalue weighted by atomic mass is 9.95. The topological polar surface area (TPSA) is 133 Å². The van der Waals surface area contributed by atoms with Crippen LogP contribution in [-0.2, 0) is 24.2 Å². The third-order valence-electron chi connectivity index (χ3n) is 3.79. The van der Waals surface area contributed by atoms with E-state index in [1.807, 2.05) is 0 Å². The highest BCUT2D eigenvalue weighted by Gasteiger charge is 2.25. The molecule has 24 heavy (non-hydrogen) atoms. The van der Waals surface area contributed by atoms with Gasteiger partial charge in [-0.25, -0.2) is 0 Å². The number of carbonyl (C=O) groups excluding carboxylic acids is 2. The van der Waals surface area contributed by atoms with E-state index in [1.54, 1.807) is 0 Å². The molecule has 1 aliphatic rings. The minimum Gasteiger partial charge on any atom is -0.365 e. The zero-order valence-corrected chi connectivity index (χ0v) is 13.5. The summed E-state index contributed by atoms with van der Waals surface area (Å²) in [6.07, 6.45) is 5.06. The number of thiophene rings is 1. The van der Waals surface area contributed by atoms with Crippen LogP contribution in [0.1, 0.15) is 33.6 Å². The van der Waals surface area contributed by atoms with E-state index in [0.717, 1.165) is 36.1 Å². The standard InChI is InChI=1S/C14H15N5O4S/c15-13(21)12-8-3-1-2-4-9(8)24-14(12)16-11(20)7-18-6-5-10(17-18)19(22)23/h5-6H,1-4,7H2,(H2,15,21)(H,16,20). The third kappa shape index (κ3) is 3.13. The summed E-state index contributed by atoms with van der Waals surface area (Å²) in [5.41, 5.74) is 6.79. The van der Waals surface area contributed by atoms with Crippen molar-refractivity contribution in [1.82, 2.24) is 9.78 Å². The molecular formula is C14H15N5O4S. The van der Waals surface area contributed by atoms with E-state index in [2.05, 4.69) is 10.4 Å². The van der Waals surface area contributed by atoms with Crippen LogP contribution in [0.15, 0.2) is 12.3 Å². The Morgan fingerprint density at radius 3 is 2.83 bits per heavy atom. The molecule has 0 bridgehead atoms. The molecule has 2 aromatic rings. The van der Waals surface area contributed by atoms with Gasteiger partial charge in [-0.05, 0) is 36.2 Å². The summed E-state index contributed by atoms with van der Waals surface area (Å²) in [4.78, 5) is 35.0. The van der Waals surface area contributed by atoms with E-state index in [4.69, 9.17) is 5.73 Å². The second-order valence-electron chi connectivity index (χ2n) is 5.46. The summed E-state index contributed by atoms with van der Waals surface area (Å²) in [6.45, 7) is -0.186. The van der Waals surface area contributed by atoms with Crippen LogP contribution in [-0.4, -0.2) is 26.5 Å². The van der Waals surface area contributed by atoms with Crippen LogP contribution in [0.5, 0.6) is 0 Å². The van der Waals surface area contributed by atoms with Crippen molar-refractivity contribution in [2.24, 2.45) is 5.73 Å². The summed E-state index contributed by atoms with van der Waals surface area (Å²) in [7, 11) is 0. The van der Waals surface area contributed by atoms with Crippen LogP contribution in [0.2, 0.25) is 0 Å². The van der Waals surface area contributed by atoms with Gasteiger partial charge in [-0.1, -0.05) is 0 Å². The number of aromatic nitrogens is 2. The van der Waals surface area contributed by atoms with Crippen molar-refractivity contribution in [3.63, 3.8) is 0 Å². The number of hydrogen-bond donors (Lipinski definition) is 2. The maximum absolute atomic E-state index is 12.2. The molecular weight excluding hydrogens is 334 g/mol. The molecule has 1 aliphatic carbocycles. The van der Waals surface area contributed by atoms with Gasteiger partial charge in [-0.15, -0.1) is 11.3 Å². The largest absolute Gasteiger partial charge is 0.389 e. The summed E-state index contributed by atoms with van der Waals surface area (Å²) in [5.74, 6) is -1.30. The zero-order chi connectivity index (χ0) is 17.3. The van der Waals surface area contributed by atoms with Crippen molar-refractivity contribution >= 4 is 34.0 Å². The first kappa shape index (κ1) is 16.1. The quantitative estimate of drug-likeness (QED) is 0.623. The van der Waals surface area contributed by atoms with Crippen LogP contribution < -0.4 is 11.1 Å². The molecule has 126 valence electrons. The number of nitrogens with zero attached hydrogens (tertiary/aromatic N) is 3. The van der Waals surface area contributed by atoms with E-state index in [9.17, 15) is 19.7 Å². The zero-order valence-electron chi connectivity index (χ0n) is 12.7. The van der Waals surface area contributed by atoms with Gasteiger partial charge in [0.2, 0.25) is 5.91 Å². The molecule has 9 nitrogen and oxygen atoms in total. The van der Waals surface area contributed by atoms with Crippen molar-refractivity contribution < 1.29 is 14.5 Å². The predicted molar refractivity (Wildman–Crippen MR) is 87.0 cm³/mol. The van der Waals surface area contributed by atoms with E-state index >= 15 is 0 Å². The fourth-order valence-corrected chi connectivity index (χ4v) is 4.08. The number of nitro groups is 1. The van der Waals surface area contributed by atoms with E-state index in [0.29, 0.717) is 10.6 Å². The highest BCUT2D eigenvalue weighted by molar-refractivity contribution is 7.17. The first-order valence-corrected chi connectivity index (χ1v) is 8.19. The lowest BCUT2D eigenvalue weighted by Crippen LogP contribution is -2.21. The Morgan fingerprint density at radius 1 is 1.42 bits per heavy atom. The van der Waals surface area contributed by atoms with E-state index < -0.39 is 16.7 Å². The summed E-state index contributed by atoms with van der Waals surface area (Å²) < 4.78 is 1.17. The maximum atomic E-state index is 12.2. The molecule has 0 aromatic carbocycles. The van der Waals surface area contributed by atoms with Gasteiger partial charge in [0.15, 0.2) is 0 Å². The van der Waals surface area contributed by atoms with Crippen molar-refractivity contribution in [3.8, 4) is 0 Å². The molecule has 0 saturated heterocycles. The molecule has 3 rings (SSSR count). The Morgan fingerprint density at radius 2 is 2.17 bits per heavy atom. The summed E-state index contributed by atoms with van der Waals surface area (Å²) in [6, 6.07) is 1.21. The van der Waals surface area contributed by atoms with Crippen LogP contribution >= 0.6 is 11.3 Å². The number of carbonyl (C=O) groups is 2. The fourth-order valence-electron chi connectivity index (χ4n) is 2.76. The molecule has 0 unspecified atom stereocenters. The summed E-state index contributed by atoms with van der Waals surface area (Å²) in [5, 5.41) is 17.4. The van der Waals surface area contributed by atoms with Crippen LogP contribution in [0.3, 0.4) is 0 Å². The number of primary amides is 1. The Bertz CT molecular complexity index is 825. The molecule has 3 N–H and O–H groups in total. The Hall–Kier alpha value is -2.75. The second-order valence-corrected chi connectivity index (χ2v) is 6.56. The third-order valence-corrected chi connectivity index (χ3v) is 5.00. The highest BCUT2D eigenvalue weighted by atomic mass is 32.1. The van der Waals surface area contributed by atoms with Crippen LogP contribution in [0.25, 0.3) is 0 Å². The molecule has 2 aromatic heterocycles. The van der Waals surface area contributed by atoms with Gasteiger partial charge >= 0.3 is 5.82 Å². The number of rotatable bonds is 5. The second kappa shape index (κ2) is 6.40. The average Bonchev–Trinajstić information content (AvgIpc) is 3.10. The molecule has 0 radical (unpaired) electrons. The molecule has 10 heteroatoms. The van der Waals surface area contributed by atoms with E-state index in [-0.39, 0.29) is 12.4 Å². The monoisotopic (exact) mass is 349 g/mol. The fraction of sp³-hybridized carbons (Fsp3) is 0.357. The number of anilines is 1. The molecule has 0 spiro atoms. The van der Waals surface area contributed by atoms with Crippen molar-refractivity contribution in [2.75, 3.05) is 5.32 Å². The molecule has 0 saturated carbocycles. The summed E-state index contributed by atoms with van der Waals surface area (Å²) >= 11 is 1.37. The number of hydrogen-bond acceptors (Lipinski definition) is 6. The van der Waals surface area contributed by atoms with Gasteiger partial charge in [-0.3, -0.25) is 9.59 Å². The minimum absolute atomic E-state index is 0.186. The molecule has 2 heterocycles. The van der Waals surface area contributed by atoms with Gasteiger partial charge in [0.25, 0.3) is 5.91 Å². The molecule has 2 amide bonds. The Labute approximate surface area is 140 Å².